The topological polar surface area (TPSA) is 69.0 Å². The van der Waals surface area contributed by atoms with Crippen LogP contribution in [0.1, 0.15) is 17.5 Å². The molecule has 3 rings (SSSR count). The van der Waals surface area contributed by atoms with Crippen LogP contribution in [0.3, 0.4) is 0 Å². The van der Waals surface area contributed by atoms with E-state index in [1.807, 2.05) is 59.4 Å². The summed E-state index contributed by atoms with van der Waals surface area (Å²) in [4.78, 5) is 0. The molecule has 19 heavy (non-hydrogen) atoms. The van der Waals surface area contributed by atoms with Gasteiger partial charge in [0.05, 0.1) is 17.6 Å². The van der Waals surface area contributed by atoms with E-state index in [4.69, 9.17) is 10.3 Å². The zero-order chi connectivity index (χ0) is 13.1. The normalized spacial score (nSPS) is 12.5. The molecule has 1 unspecified atom stereocenters. The lowest BCUT2D eigenvalue weighted by Gasteiger charge is -2.10. The minimum absolute atomic E-state index is 0.250. The van der Waals surface area contributed by atoms with E-state index in [2.05, 4.69) is 10.5 Å². The lowest BCUT2D eigenvalue weighted by Crippen LogP contribution is -2.28. The van der Waals surface area contributed by atoms with E-state index in [-0.39, 0.29) is 6.04 Å². The van der Waals surface area contributed by atoms with E-state index >= 15 is 0 Å². The van der Waals surface area contributed by atoms with Crippen LogP contribution in [-0.2, 0) is 0 Å². The molecule has 5 nitrogen and oxygen atoms in total. The fourth-order valence-electron chi connectivity index (χ4n) is 1.99. The van der Waals surface area contributed by atoms with Gasteiger partial charge in [0, 0.05) is 6.20 Å². The highest BCUT2D eigenvalue weighted by Gasteiger charge is 2.18. The molecule has 0 saturated heterocycles. The van der Waals surface area contributed by atoms with Crippen molar-refractivity contribution in [2.24, 2.45) is 5.84 Å². The summed E-state index contributed by atoms with van der Waals surface area (Å²) in [6.45, 7) is 0. The monoisotopic (exact) mass is 254 g/mol. The van der Waals surface area contributed by atoms with Gasteiger partial charge in [-0.3, -0.25) is 5.84 Å². The second-order valence-corrected chi connectivity index (χ2v) is 4.14. The maximum absolute atomic E-state index is 5.58. The number of hydrazine groups is 1. The first kappa shape index (κ1) is 11.7. The van der Waals surface area contributed by atoms with Crippen molar-refractivity contribution in [1.29, 1.82) is 0 Å². The molecule has 0 aliphatic heterocycles. The number of nitrogens with two attached hydrogens (primary N) is 1. The number of aromatic nitrogens is 2. The predicted octanol–water partition coefficient (Wildman–Crippen LogP) is 2.02. The second kappa shape index (κ2) is 5.09. The Labute approximate surface area is 110 Å². The largest absolute Gasteiger partial charge is 0.467 e. The van der Waals surface area contributed by atoms with Gasteiger partial charge in [-0.1, -0.05) is 18.2 Å². The van der Waals surface area contributed by atoms with Gasteiger partial charge in [0.2, 0.25) is 0 Å². The van der Waals surface area contributed by atoms with Crippen molar-refractivity contribution in [1.82, 2.24) is 15.2 Å². The number of hydrogen-bond acceptors (Lipinski definition) is 4. The van der Waals surface area contributed by atoms with Gasteiger partial charge >= 0.3 is 0 Å². The maximum Gasteiger partial charge on any atom is 0.128 e. The Morgan fingerprint density at radius 2 is 1.95 bits per heavy atom. The Hall–Kier alpha value is -2.37. The van der Waals surface area contributed by atoms with Gasteiger partial charge in [-0.25, -0.2) is 10.1 Å². The zero-order valence-corrected chi connectivity index (χ0v) is 10.2. The highest BCUT2D eigenvalue weighted by Crippen LogP contribution is 2.20. The minimum atomic E-state index is -0.250. The van der Waals surface area contributed by atoms with Crippen LogP contribution >= 0.6 is 0 Å². The number of benzene rings is 1. The van der Waals surface area contributed by atoms with Gasteiger partial charge in [0.25, 0.3) is 0 Å². The maximum atomic E-state index is 5.58. The highest BCUT2D eigenvalue weighted by atomic mass is 16.3. The minimum Gasteiger partial charge on any atom is -0.467 e. The number of nitrogens with zero attached hydrogens (tertiary/aromatic N) is 2. The third kappa shape index (κ3) is 2.29. The van der Waals surface area contributed by atoms with Gasteiger partial charge < -0.3 is 4.42 Å². The summed E-state index contributed by atoms with van der Waals surface area (Å²) in [7, 11) is 0. The molecule has 3 aromatic rings. The molecule has 0 bridgehead atoms. The SMILES string of the molecule is NNC(c1ccn(-c2ccccc2)n1)c1ccco1. The van der Waals surface area contributed by atoms with E-state index in [0.29, 0.717) is 0 Å². The molecule has 5 heteroatoms. The molecule has 0 spiro atoms. The molecule has 1 atom stereocenters. The molecule has 0 radical (unpaired) electrons. The number of furan rings is 1. The van der Waals surface area contributed by atoms with Crippen molar-refractivity contribution in [2.75, 3.05) is 0 Å². The van der Waals surface area contributed by atoms with Crippen molar-refractivity contribution in [3.63, 3.8) is 0 Å². The van der Waals surface area contributed by atoms with E-state index < -0.39 is 0 Å². The van der Waals surface area contributed by atoms with Gasteiger partial charge in [-0.05, 0) is 30.3 Å². The van der Waals surface area contributed by atoms with Crippen LogP contribution in [0.25, 0.3) is 5.69 Å². The summed E-state index contributed by atoms with van der Waals surface area (Å²) in [5.74, 6) is 6.32. The third-order valence-electron chi connectivity index (χ3n) is 2.92. The first-order valence-electron chi connectivity index (χ1n) is 5.99. The summed E-state index contributed by atoms with van der Waals surface area (Å²) < 4.78 is 7.17. The highest BCUT2D eigenvalue weighted by molar-refractivity contribution is 5.31. The molecule has 0 aliphatic carbocycles. The van der Waals surface area contributed by atoms with Crippen LogP contribution in [0.4, 0.5) is 0 Å². The number of hydrogen-bond donors (Lipinski definition) is 2. The molecule has 2 aromatic heterocycles. The zero-order valence-electron chi connectivity index (χ0n) is 10.2. The standard InChI is InChI=1S/C14H14N4O/c15-16-14(13-7-4-10-19-13)12-8-9-18(17-12)11-5-2-1-3-6-11/h1-10,14,16H,15H2. The summed E-state index contributed by atoms with van der Waals surface area (Å²) in [6.07, 6.45) is 3.52. The van der Waals surface area contributed by atoms with Crippen molar-refractivity contribution in [3.05, 3.63) is 72.4 Å². The second-order valence-electron chi connectivity index (χ2n) is 4.14. The quantitative estimate of drug-likeness (QED) is 0.552. The van der Waals surface area contributed by atoms with Crippen LogP contribution in [0.2, 0.25) is 0 Å². The number of rotatable bonds is 4. The average molecular weight is 254 g/mol. The number of para-hydroxylation sites is 1. The Kier molecular flexibility index (Phi) is 3.14. The van der Waals surface area contributed by atoms with Gasteiger partial charge in [0.1, 0.15) is 11.8 Å². The van der Waals surface area contributed by atoms with Crippen LogP contribution in [0.15, 0.2) is 65.4 Å². The van der Waals surface area contributed by atoms with Crippen molar-refractivity contribution in [3.8, 4) is 5.69 Å². The molecular formula is C14H14N4O. The van der Waals surface area contributed by atoms with Crippen molar-refractivity contribution >= 4 is 0 Å². The molecule has 2 heterocycles. The summed E-state index contributed by atoms with van der Waals surface area (Å²) >= 11 is 0. The third-order valence-corrected chi connectivity index (χ3v) is 2.92. The van der Waals surface area contributed by atoms with Crippen LogP contribution in [-0.4, -0.2) is 9.78 Å². The summed E-state index contributed by atoms with van der Waals surface area (Å²) in [5.41, 5.74) is 4.53. The van der Waals surface area contributed by atoms with E-state index in [0.717, 1.165) is 17.1 Å². The van der Waals surface area contributed by atoms with E-state index in [1.54, 1.807) is 6.26 Å². The molecule has 0 saturated carbocycles. The van der Waals surface area contributed by atoms with Crippen molar-refractivity contribution < 1.29 is 4.42 Å². The van der Waals surface area contributed by atoms with Gasteiger partial charge in [-0.2, -0.15) is 5.10 Å². The Bertz CT molecular complexity index is 631. The molecule has 0 amide bonds. The van der Waals surface area contributed by atoms with E-state index in [1.165, 1.54) is 0 Å². The number of nitrogens with one attached hydrogen (secondary N) is 1. The van der Waals surface area contributed by atoms with E-state index in [9.17, 15) is 0 Å². The average Bonchev–Trinajstić information content (AvgIpc) is 3.12. The molecular weight excluding hydrogens is 240 g/mol. The Morgan fingerprint density at radius 1 is 1.11 bits per heavy atom. The molecule has 3 N–H and O–H groups in total. The first-order chi connectivity index (χ1) is 9.38. The van der Waals surface area contributed by atoms with Crippen LogP contribution in [0.5, 0.6) is 0 Å². The Morgan fingerprint density at radius 3 is 2.63 bits per heavy atom. The fraction of sp³-hybridized carbons (Fsp3) is 0.0714. The fourth-order valence-corrected chi connectivity index (χ4v) is 1.99. The molecule has 1 aromatic carbocycles. The lowest BCUT2D eigenvalue weighted by atomic mass is 10.2. The molecule has 0 aliphatic rings. The summed E-state index contributed by atoms with van der Waals surface area (Å²) in [5, 5.41) is 4.52. The van der Waals surface area contributed by atoms with Crippen LogP contribution in [0, 0.1) is 0 Å². The van der Waals surface area contributed by atoms with Crippen LogP contribution < -0.4 is 11.3 Å². The first-order valence-corrected chi connectivity index (χ1v) is 5.99. The lowest BCUT2D eigenvalue weighted by molar-refractivity contribution is 0.446. The smallest absolute Gasteiger partial charge is 0.128 e. The Balaban J connectivity index is 1.93. The summed E-state index contributed by atoms with van der Waals surface area (Å²) in [6, 6.07) is 15.3. The van der Waals surface area contributed by atoms with Gasteiger partial charge in [-0.15, -0.1) is 0 Å². The molecule has 0 fully saturated rings. The molecule has 96 valence electrons. The van der Waals surface area contributed by atoms with Gasteiger partial charge in [0.15, 0.2) is 0 Å². The predicted molar refractivity (Wildman–Crippen MR) is 71.4 cm³/mol. The van der Waals surface area contributed by atoms with Crippen molar-refractivity contribution in [2.45, 2.75) is 6.04 Å².